The summed E-state index contributed by atoms with van der Waals surface area (Å²) in [5.41, 5.74) is 1.18. The van der Waals surface area contributed by atoms with E-state index in [1.54, 1.807) is 6.07 Å². The van der Waals surface area contributed by atoms with E-state index in [1.165, 1.54) is 24.7 Å². The van der Waals surface area contributed by atoms with Crippen molar-refractivity contribution in [2.24, 2.45) is 0 Å². The molecule has 2 aromatic rings. The molecule has 0 atom stereocenters. The van der Waals surface area contributed by atoms with Crippen LogP contribution >= 0.6 is 0 Å². The molecule has 0 aliphatic rings. The van der Waals surface area contributed by atoms with Gasteiger partial charge in [-0.2, -0.15) is 0 Å². The van der Waals surface area contributed by atoms with Gasteiger partial charge in [0.15, 0.2) is 0 Å². The number of amides is 1. The monoisotopic (exact) mass is 273 g/mol. The second-order valence-corrected chi connectivity index (χ2v) is 3.97. The number of furan rings is 1. The molecule has 4 nitrogen and oxygen atoms in total. The Balaban J connectivity index is 2.05. The molecule has 0 aliphatic heterocycles. The van der Waals surface area contributed by atoms with Gasteiger partial charge < -0.3 is 14.8 Å². The molecule has 0 saturated heterocycles. The molecule has 1 amide bonds. The van der Waals surface area contributed by atoms with Gasteiger partial charge in [0, 0.05) is 17.7 Å². The summed E-state index contributed by atoms with van der Waals surface area (Å²) < 4.78 is 18.5. The van der Waals surface area contributed by atoms with Crippen LogP contribution in [0.15, 0.2) is 41.2 Å². The van der Waals surface area contributed by atoms with Gasteiger partial charge in [-0.3, -0.25) is 4.79 Å². The summed E-state index contributed by atoms with van der Waals surface area (Å²) in [5.74, 6) is 3.84. The van der Waals surface area contributed by atoms with Crippen LogP contribution in [0.1, 0.15) is 21.5 Å². The third-order valence-corrected chi connectivity index (χ3v) is 2.57. The van der Waals surface area contributed by atoms with Crippen molar-refractivity contribution >= 4 is 5.91 Å². The average Bonchev–Trinajstić information content (AvgIpc) is 2.96. The van der Waals surface area contributed by atoms with E-state index in [4.69, 9.17) is 9.52 Å². The van der Waals surface area contributed by atoms with E-state index in [1.807, 2.05) is 0 Å². The van der Waals surface area contributed by atoms with Gasteiger partial charge in [0.05, 0.1) is 18.1 Å². The molecule has 2 rings (SSSR count). The lowest BCUT2D eigenvalue weighted by molar-refractivity contribution is 0.0950. The molecule has 1 heterocycles. The Morgan fingerprint density at radius 1 is 1.40 bits per heavy atom. The van der Waals surface area contributed by atoms with Gasteiger partial charge in [0.2, 0.25) is 0 Å². The first-order valence-corrected chi connectivity index (χ1v) is 5.89. The molecule has 5 heteroatoms. The molecule has 102 valence electrons. The van der Waals surface area contributed by atoms with Crippen LogP contribution in [-0.4, -0.2) is 17.6 Å². The number of aliphatic hydroxyl groups is 1. The SMILES string of the molecule is O=C(NCc1ccoc1)c1ccc(C#CCO)c(F)c1. The highest BCUT2D eigenvalue weighted by Gasteiger charge is 2.09. The third kappa shape index (κ3) is 3.46. The number of aliphatic hydroxyl groups excluding tert-OH is 1. The number of benzene rings is 1. The van der Waals surface area contributed by atoms with Crippen molar-refractivity contribution in [3.05, 3.63) is 59.3 Å². The quantitative estimate of drug-likeness (QED) is 0.837. The lowest BCUT2D eigenvalue weighted by Crippen LogP contribution is -2.22. The van der Waals surface area contributed by atoms with Gasteiger partial charge in [0.25, 0.3) is 5.91 Å². The molecule has 0 aliphatic carbocycles. The highest BCUT2D eigenvalue weighted by Crippen LogP contribution is 2.10. The van der Waals surface area contributed by atoms with Gasteiger partial charge in [-0.25, -0.2) is 4.39 Å². The predicted molar refractivity (Wildman–Crippen MR) is 70.2 cm³/mol. The zero-order valence-electron chi connectivity index (χ0n) is 10.5. The smallest absolute Gasteiger partial charge is 0.251 e. The predicted octanol–water partition coefficient (Wildman–Crippen LogP) is 1.69. The maximum absolute atomic E-state index is 13.7. The van der Waals surface area contributed by atoms with Crippen molar-refractivity contribution < 1.29 is 18.7 Å². The highest BCUT2D eigenvalue weighted by atomic mass is 19.1. The average molecular weight is 273 g/mol. The first kappa shape index (κ1) is 13.8. The minimum Gasteiger partial charge on any atom is -0.472 e. The number of hydrogen-bond acceptors (Lipinski definition) is 3. The van der Waals surface area contributed by atoms with Crippen molar-refractivity contribution in [1.82, 2.24) is 5.32 Å². The van der Waals surface area contributed by atoms with E-state index in [2.05, 4.69) is 17.2 Å². The van der Waals surface area contributed by atoms with E-state index in [-0.39, 0.29) is 23.6 Å². The Bertz CT molecular complexity index is 653. The summed E-state index contributed by atoms with van der Waals surface area (Å²) in [6, 6.07) is 5.74. The van der Waals surface area contributed by atoms with Crippen molar-refractivity contribution in [1.29, 1.82) is 0 Å². The molecule has 0 unspecified atom stereocenters. The fraction of sp³-hybridized carbons (Fsp3) is 0.133. The minimum atomic E-state index is -0.595. The van der Waals surface area contributed by atoms with Gasteiger partial charge >= 0.3 is 0 Å². The number of halogens is 1. The fourth-order valence-electron chi connectivity index (χ4n) is 1.57. The zero-order chi connectivity index (χ0) is 14.4. The van der Waals surface area contributed by atoms with Crippen molar-refractivity contribution in [3.8, 4) is 11.8 Å². The van der Waals surface area contributed by atoms with E-state index < -0.39 is 5.82 Å². The van der Waals surface area contributed by atoms with E-state index in [0.717, 1.165) is 11.6 Å². The maximum atomic E-state index is 13.7. The molecule has 0 fully saturated rings. The highest BCUT2D eigenvalue weighted by molar-refractivity contribution is 5.94. The molecule has 20 heavy (non-hydrogen) atoms. The second-order valence-electron chi connectivity index (χ2n) is 3.97. The molecule has 1 aromatic carbocycles. The largest absolute Gasteiger partial charge is 0.472 e. The summed E-state index contributed by atoms with van der Waals surface area (Å²) >= 11 is 0. The molecular weight excluding hydrogens is 261 g/mol. The van der Waals surface area contributed by atoms with E-state index >= 15 is 0 Å². The third-order valence-electron chi connectivity index (χ3n) is 2.57. The van der Waals surface area contributed by atoms with Crippen LogP contribution in [0.5, 0.6) is 0 Å². The standard InChI is InChI=1S/C15H12FNO3/c16-14-8-13(4-3-12(14)2-1-6-18)15(19)17-9-11-5-7-20-10-11/h3-5,7-8,10,18H,6,9H2,(H,17,19). The Hall–Kier alpha value is -2.58. The summed E-state index contributed by atoms with van der Waals surface area (Å²) in [4.78, 5) is 11.8. The summed E-state index contributed by atoms with van der Waals surface area (Å²) in [6.07, 6.45) is 3.03. The summed E-state index contributed by atoms with van der Waals surface area (Å²) in [6.45, 7) is -0.0323. The van der Waals surface area contributed by atoms with Gasteiger partial charge in [-0.1, -0.05) is 11.8 Å². The van der Waals surface area contributed by atoms with Gasteiger partial charge in [-0.15, -0.1) is 0 Å². The van der Waals surface area contributed by atoms with Crippen molar-refractivity contribution in [3.63, 3.8) is 0 Å². The van der Waals surface area contributed by atoms with Gasteiger partial charge in [-0.05, 0) is 24.3 Å². The van der Waals surface area contributed by atoms with Crippen LogP contribution in [-0.2, 0) is 6.54 Å². The Morgan fingerprint density at radius 2 is 2.25 bits per heavy atom. The van der Waals surface area contributed by atoms with Crippen LogP contribution in [0.25, 0.3) is 0 Å². The molecular formula is C15H12FNO3. The van der Waals surface area contributed by atoms with Crippen molar-refractivity contribution in [2.45, 2.75) is 6.54 Å². The molecule has 2 N–H and O–H groups in total. The van der Waals surface area contributed by atoms with Crippen LogP contribution in [0, 0.1) is 17.7 Å². The first-order chi connectivity index (χ1) is 9.70. The van der Waals surface area contributed by atoms with E-state index in [9.17, 15) is 9.18 Å². The van der Waals surface area contributed by atoms with E-state index in [0.29, 0.717) is 6.54 Å². The number of rotatable bonds is 3. The van der Waals surface area contributed by atoms with Crippen molar-refractivity contribution in [2.75, 3.05) is 6.61 Å². The van der Waals surface area contributed by atoms with Crippen LogP contribution in [0.2, 0.25) is 0 Å². The number of carbonyl (C=O) groups is 1. The molecule has 0 radical (unpaired) electrons. The molecule has 1 aromatic heterocycles. The lowest BCUT2D eigenvalue weighted by Gasteiger charge is -2.04. The Labute approximate surface area is 115 Å². The Kier molecular flexibility index (Phi) is 4.53. The van der Waals surface area contributed by atoms with Crippen LogP contribution < -0.4 is 5.32 Å². The lowest BCUT2D eigenvalue weighted by atomic mass is 10.1. The number of nitrogens with one attached hydrogen (secondary N) is 1. The first-order valence-electron chi connectivity index (χ1n) is 5.89. The second kappa shape index (κ2) is 6.55. The summed E-state index contributed by atoms with van der Waals surface area (Å²) in [7, 11) is 0. The number of hydrogen-bond donors (Lipinski definition) is 2. The molecule has 0 saturated carbocycles. The fourth-order valence-corrected chi connectivity index (χ4v) is 1.57. The maximum Gasteiger partial charge on any atom is 0.251 e. The normalized spacial score (nSPS) is 9.70. The van der Waals surface area contributed by atoms with Crippen LogP contribution in [0.4, 0.5) is 4.39 Å². The topological polar surface area (TPSA) is 62.5 Å². The zero-order valence-corrected chi connectivity index (χ0v) is 10.5. The molecule has 0 spiro atoms. The summed E-state index contributed by atoms with van der Waals surface area (Å²) in [5, 5.41) is 11.2. The van der Waals surface area contributed by atoms with Crippen LogP contribution in [0.3, 0.4) is 0 Å². The Morgan fingerprint density at radius 3 is 2.90 bits per heavy atom. The van der Waals surface area contributed by atoms with Gasteiger partial charge in [0.1, 0.15) is 12.4 Å². The molecule has 0 bridgehead atoms. The minimum absolute atomic E-state index is 0.144. The number of carbonyl (C=O) groups excluding carboxylic acids is 1.